The molecule has 1 unspecified atom stereocenters. The van der Waals surface area contributed by atoms with Gasteiger partial charge >= 0.3 is 0 Å². The summed E-state index contributed by atoms with van der Waals surface area (Å²) in [5.74, 6) is -3.26. The van der Waals surface area contributed by atoms with Crippen molar-refractivity contribution in [3.8, 4) is 0 Å². The van der Waals surface area contributed by atoms with Gasteiger partial charge in [0.2, 0.25) is 11.8 Å². The van der Waals surface area contributed by atoms with Crippen molar-refractivity contribution in [3.05, 3.63) is 28.2 Å². The lowest BCUT2D eigenvalue weighted by molar-refractivity contribution is -0.123. The van der Waals surface area contributed by atoms with Crippen molar-refractivity contribution in [1.29, 1.82) is 0 Å². The summed E-state index contributed by atoms with van der Waals surface area (Å²) >= 11 is 2.92. The number of nitrogens with zero attached hydrogens (tertiary/aromatic N) is 1. The lowest BCUT2D eigenvalue weighted by Crippen LogP contribution is -2.29. The van der Waals surface area contributed by atoms with Crippen LogP contribution in [0.2, 0.25) is 0 Å². The molecule has 4 nitrogen and oxygen atoms in total. The molecular formula is C11H9BrF2N2O2. The van der Waals surface area contributed by atoms with E-state index in [1.807, 2.05) is 0 Å². The average molecular weight is 319 g/mol. The van der Waals surface area contributed by atoms with Gasteiger partial charge in [-0.2, -0.15) is 0 Å². The minimum atomic E-state index is -0.853. The van der Waals surface area contributed by atoms with Crippen molar-refractivity contribution in [2.45, 2.75) is 6.42 Å². The minimum absolute atomic E-state index is 0.0170. The molecule has 1 aliphatic heterocycles. The highest BCUT2D eigenvalue weighted by atomic mass is 79.9. The number of hydrogen-bond donors (Lipinski definition) is 1. The van der Waals surface area contributed by atoms with E-state index in [0.717, 1.165) is 4.90 Å². The fraction of sp³-hybridized carbons (Fsp3) is 0.273. The number of primary amides is 1. The molecule has 2 amide bonds. The van der Waals surface area contributed by atoms with Gasteiger partial charge in [-0.25, -0.2) is 8.78 Å². The highest BCUT2D eigenvalue weighted by molar-refractivity contribution is 9.10. The Kier molecular flexibility index (Phi) is 3.34. The third-order valence-corrected chi connectivity index (χ3v) is 3.42. The number of halogens is 3. The molecule has 1 aromatic carbocycles. The Balaban J connectivity index is 2.35. The molecule has 2 rings (SSSR count). The van der Waals surface area contributed by atoms with Gasteiger partial charge in [-0.05, 0) is 22.0 Å². The molecule has 1 atom stereocenters. The summed E-state index contributed by atoms with van der Waals surface area (Å²) in [5.41, 5.74) is 5.05. The van der Waals surface area contributed by atoms with Gasteiger partial charge in [0, 0.05) is 19.0 Å². The molecule has 7 heteroatoms. The van der Waals surface area contributed by atoms with E-state index in [2.05, 4.69) is 15.9 Å². The second-order valence-corrected chi connectivity index (χ2v) is 4.88. The number of hydrogen-bond acceptors (Lipinski definition) is 2. The number of nitrogens with two attached hydrogens (primary N) is 1. The predicted molar refractivity (Wildman–Crippen MR) is 63.7 cm³/mol. The summed E-state index contributed by atoms with van der Waals surface area (Å²) in [6, 6.07) is 1.86. The molecule has 1 heterocycles. The largest absolute Gasteiger partial charge is 0.369 e. The van der Waals surface area contributed by atoms with Crippen molar-refractivity contribution in [2.75, 3.05) is 11.4 Å². The van der Waals surface area contributed by atoms with E-state index in [9.17, 15) is 18.4 Å². The van der Waals surface area contributed by atoms with Crippen LogP contribution in [0.1, 0.15) is 6.42 Å². The van der Waals surface area contributed by atoms with E-state index in [1.54, 1.807) is 0 Å². The maximum atomic E-state index is 13.6. The lowest BCUT2D eigenvalue weighted by atomic mass is 10.1. The number of benzene rings is 1. The monoisotopic (exact) mass is 318 g/mol. The lowest BCUT2D eigenvalue weighted by Gasteiger charge is -2.17. The summed E-state index contributed by atoms with van der Waals surface area (Å²) in [4.78, 5) is 23.8. The fourth-order valence-electron chi connectivity index (χ4n) is 1.85. The van der Waals surface area contributed by atoms with Gasteiger partial charge in [0.05, 0.1) is 16.1 Å². The molecule has 0 spiro atoms. The van der Waals surface area contributed by atoms with Crippen LogP contribution in [0, 0.1) is 17.6 Å². The van der Waals surface area contributed by atoms with Crippen LogP contribution in [0.4, 0.5) is 14.5 Å². The molecule has 1 aromatic rings. The molecule has 1 fully saturated rings. The maximum absolute atomic E-state index is 13.6. The predicted octanol–water partition coefficient (Wildman–Crippen LogP) is 1.57. The molecule has 18 heavy (non-hydrogen) atoms. The Morgan fingerprint density at radius 3 is 2.61 bits per heavy atom. The van der Waals surface area contributed by atoms with E-state index in [1.165, 1.54) is 6.07 Å². The summed E-state index contributed by atoms with van der Waals surface area (Å²) in [6.45, 7) is 0.0170. The van der Waals surface area contributed by atoms with Crippen LogP contribution in [0.15, 0.2) is 16.6 Å². The summed E-state index contributed by atoms with van der Waals surface area (Å²) in [5, 5.41) is 0. The molecule has 1 aliphatic rings. The molecule has 1 saturated heterocycles. The first-order valence-corrected chi connectivity index (χ1v) is 5.93. The SMILES string of the molecule is NC(=O)C1CC(=O)N(c2cc(Br)c(F)cc2F)C1. The summed E-state index contributed by atoms with van der Waals surface area (Å²) in [6.07, 6.45) is -0.0518. The second-order valence-electron chi connectivity index (χ2n) is 4.03. The first-order valence-electron chi connectivity index (χ1n) is 5.14. The normalized spacial score (nSPS) is 19.4. The van der Waals surface area contributed by atoms with Gasteiger partial charge in [0.1, 0.15) is 11.6 Å². The van der Waals surface area contributed by atoms with Crippen molar-refractivity contribution in [3.63, 3.8) is 0 Å². The Labute approximate surface area is 110 Å². The third-order valence-electron chi connectivity index (χ3n) is 2.81. The van der Waals surface area contributed by atoms with Gasteiger partial charge in [-0.15, -0.1) is 0 Å². The van der Waals surface area contributed by atoms with Crippen LogP contribution in [-0.2, 0) is 9.59 Å². The highest BCUT2D eigenvalue weighted by Gasteiger charge is 2.35. The topological polar surface area (TPSA) is 63.4 Å². The molecule has 0 aliphatic carbocycles. The van der Waals surface area contributed by atoms with Crippen LogP contribution >= 0.6 is 15.9 Å². The molecule has 96 valence electrons. The Morgan fingerprint density at radius 1 is 1.39 bits per heavy atom. The van der Waals surface area contributed by atoms with E-state index < -0.39 is 29.4 Å². The Bertz CT molecular complexity index is 536. The standard InChI is InChI=1S/C11H9BrF2N2O2/c12-6-2-9(8(14)3-7(6)13)16-4-5(11(15)18)1-10(16)17/h2-3,5H,1,4H2,(H2,15,18). The zero-order chi connectivity index (χ0) is 13.4. The molecule has 0 saturated carbocycles. The van der Waals surface area contributed by atoms with Crippen LogP contribution in [0.5, 0.6) is 0 Å². The number of amides is 2. The van der Waals surface area contributed by atoms with Crippen LogP contribution in [0.25, 0.3) is 0 Å². The van der Waals surface area contributed by atoms with Crippen LogP contribution in [-0.4, -0.2) is 18.4 Å². The van der Waals surface area contributed by atoms with Crippen molar-refractivity contribution >= 4 is 33.4 Å². The fourth-order valence-corrected chi connectivity index (χ4v) is 2.18. The molecule has 0 aromatic heterocycles. The quantitative estimate of drug-likeness (QED) is 0.841. The van der Waals surface area contributed by atoms with Crippen molar-refractivity contribution < 1.29 is 18.4 Å². The van der Waals surface area contributed by atoms with E-state index in [4.69, 9.17) is 5.73 Å². The summed E-state index contributed by atoms with van der Waals surface area (Å²) in [7, 11) is 0. The van der Waals surface area contributed by atoms with Crippen molar-refractivity contribution in [1.82, 2.24) is 0 Å². The first kappa shape index (κ1) is 12.9. The molecule has 0 radical (unpaired) electrons. The number of carbonyl (C=O) groups excluding carboxylic acids is 2. The zero-order valence-electron chi connectivity index (χ0n) is 9.12. The van der Waals surface area contributed by atoms with Gasteiger partial charge in [0.25, 0.3) is 0 Å². The highest BCUT2D eigenvalue weighted by Crippen LogP contribution is 2.31. The number of carbonyl (C=O) groups is 2. The number of rotatable bonds is 2. The zero-order valence-corrected chi connectivity index (χ0v) is 10.7. The van der Waals surface area contributed by atoms with Crippen LogP contribution < -0.4 is 10.6 Å². The molecule has 0 bridgehead atoms. The summed E-state index contributed by atoms with van der Waals surface area (Å²) < 4.78 is 26.7. The maximum Gasteiger partial charge on any atom is 0.227 e. The van der Waals surface area contributed by atoms with E-state index >= 15 is 0 Å². The minimum Gasteiger partial charge on any atom is -0.369 e. The first-order chi connectivity index (χ1) is 8.40. The molecule has 2 N–H and O–H groups in total. The second kappa shape index (κ2) is 4.64. The Hall–Kier alpha value is -1.50. The average Bonchev–Trinajstić information content (AvgIpc) is 2.66. The smallest absolute Gasteiger partial charge is 0.227 e. The number of anilines is 1. The molecular weight excluding hydrogens is 310 g/mol. The Morgan fingerprint density at radius 2 is 2.06 bits per heavy atom. The van der Waals surface area contributed by atoms with Gasteiger partial charge in [-0.1, -0.05) is 0 Å². The van der Waals surface area contributed by atoms with Gasteiger partial charge in [0.15, 0.2) is 0 Å². The van der Waals surface area contributed by atoms with Gasteiger partial charge in [-0.3, -0.25) is 9.59 Å². The van der Waals surface area contributed by atoms with Crippen LogP contribution in [0.3, 0.4) is 0 Å². The van der Waals surface area contributed by atoms with E-state index in [0.29, 0.717) is 6.07 Å². The third kappa shape index (κ3) is 2.22. The van der Waals surface area contributed by atoms with E-state index in [-0.39, 0.29) is 23.1 Å². The van der Waals surface area contributed by atoms with Crippen molar-refractivity contribution in [2.24, 2.45) is 11.7 Å². The van der Waals surface area contributed by atoms with Gasteiger partial charge < -0.3 is 10.6 Å².